The fourth-order valence-corrected chi connectivity index (χ4v) is 5.53. The molecule has 0 aliphatic heterocycles. The number of rotatable bonds is 7. The summed E-state index contributed by atoms with van der Waals surface area (Å²) in [6.45, 7) is 3.66. The minimum absolute atomic E-state index is 0.200. The lowest BCUT2D eigenvalue weighted by molar-refractivity contribution is 0.0746. The molecular weight excluding hydrogens is 422 g/mol. The summed E-state index contributed by atoms with van der Waals surface area (Å²) in [6.07, 6.45) is 3.55. The Hall–Kier alpha value is -3.06. The lowest BCUT2D eigenvalue weighted by atomic mass is 10.2. The number of hydrogen-bond donors (Lipinski definition) is 0. The molecule has 2 heterocycles. The molecule has 1 saturated carbocycles. The van der Waals surface area contributed by atoms with Crippen LogP contribution in [-0.2, 0) is 23.1 Å². The van der Waals surface area contributed by atoms with Crippen molar-refractivity contribution >= 4 is 37.9 Å². The predicted molar refractivity (Wildman–Crippen MR) is 127 cm³/mol. The molecule has 7 heteroatoms. The molecular formula is C25H27N3O3S. The highest BCUT2D eigenvalue weighted by Gasteiger charge is 2.30. The van der Waals surface area contributed by atoms with Gasteiger partial charge in [0, 0.05) is 25.0 Å². The van der Waals surface area contributed by atoms with Crippen LogP contribution in [-0.4, -0.2) is 40.6 Å². The first kappa shape index (κ1) is 20.8. The normalized spacial score (nSPS) is 14.3. The maximum absolute atomic E-state index is 13.6. The second-order valence-corrected chi connectivity index (χ2v) is 10.5. The molecule has 0 radical (unpaired) electrons. The minimum Gasteiger partial charge on any atom is -0.339 e. The van der Waals surface area contributed by atoms with E-state index in [1.807, 2.05) is 61.5 Å². The Morgan fingerprint density at radius 3 is 2.38 bits per heavy atom. The Labute approximate surface area is 188 Å². The monoisotopic (exact) mass is 449 g/mol. The Morgan fingerprint density at radius 2 is 1.72 bits per heavy atom. The van der Waals surface area contributed by atoms with Gasteiger partial charge in [0.2, 0.25) is 10.0 Å². The first-order valence-corrected chi connectivity index (χ1v) is 12.9. The van der Waals surface area contributed by atoms with Gasteiger partial charge in [-0.15, -0.1) is 0 Å². The zero-order valence-corrected chi connectivity index (χ0v) is 19.2. The van der Waals surface area contributed by atoms with Crippen molar-refractivity contribution in [3.05, 3.63) is 71.9 Å². The van der Waals surface area contributed by atoms with Crippen molar-refractivity contribution in [3.8, 4) is 0 Å². The molecule has 2 aromatic heterocycles. The molecule has 5 rings (SSSR count). The van der Waals surface area contributed by atoms with E-state index >= 15 is 0 Å². The predicted octanol–water partition coefficient (Wildman–Crippen LogP) is 4.48. The lowest BCUT2D eigenvalue weighted by Gasteiger charge is -2.21. The van der Waals surface area contributed by atoms with Gasteiger partial charge in [0.1, 0.15) is 5.69 Å². The average molecular weight is 450 g/mol. The molecule has 2 aromatic carbocycles. The van der Waals surface area contributed by atoms with Gasteiger partial charge in [-0.3, -0.25) is 4.79 Å². The standard InChI is InChI=1S/C25H27N3O3S/c1-3-26(16-18-9-5-4-6-10-18)25(29)23-15-22-24(28(23)32(2,30)31)20-11-7-8-12-21(20)27(22)17-19-13-14-19/h4-12,15,19H,3,13-14,16-17H2,1-2H3. The fourth-order valence-electron chi connectivity index (χ4n) is 4.51. The summed E-state index contributed by atoms with van der Waals surface area (Å²) in [5.74, 6) is 0.333. The van der Waals surface area contributed by atoms with Gasteiger partial charge in [-0.25, -0.2) is 12.4 Å². The van der Waals surface area contributed by atoms with E-state index in [4.69, 9.17) is 0 Å². The van der Waals surface area contributed by atoms with Gasteiger partial charge < -0.3 is 9.47 Å². The molecule has 0 atom stereocenters. The zero-order chi connectivity index (χ0) is 22.5. The van der Waals surface area contributed by atoms with E-state index in [1.165, 1.54) is 23.1 Å². The summed E-state index contributed by atoms with van der Waals surface area (Å²) in [6, 6.07) is 19.4. The van der Waals surface area contributed by atoms with Crippen LogP contribution in [0.5, 0.6) is 0 Å². The molecule has 166 valence electrons. The number of para-hydroxylation sites is 1. The zero-order valence-electron chi connectivity index (χ0n) is 18.4. The maximum atomic E-state index is 13.6. The lowest BCUT2D eigenvalue weighted by Crippen LogP contribution is -2.33. The van der Waals surface area contributed by atoms with Crippen LogP contribution in [0.4, 0.5) is 0 Å². The van der Waals surface area contributed by atoms with Crippen LogP contribution in [0.15, 0.2) is 60.7 Å². The van der Waals surface area contributed by atoms with Crippen molar-refractivity contribution in [2.45, 2.75) is 32.9 Å². The number of hydrogen-bond acceptors (Lipinski definition) is 3. The molecule has 32 heavy (non-hydrogen) atoms. The molecule has 1 amide bonds. The van der Waals surface area contributed by atoms with Gasteiger partial charge in [-0.1, -0.05) is 48.5 Å². The van der Waals surface area contributed by atoms with E-state index in [1.54, 1.807) is 11.0 Å². The average Bonchev–Trinajstić information content (AvgIpc) is 3.44. The van der Waals surface area contributed by atoms with Crippen LogP contribution in [0.2, 0.25) is 0 Å². The van der Waals surface area contributed by atoms with Crippen molar-refractivity contribution in [3.63, 3.8) is 0 Å². The fraction of sp³-hybridized carbons (Fsp3) is 0.320. The smallest absolute Gasteiger partial charge is 0.271 e. The van der Waals surface area contributed by atoms with Crippen LogP contribution in [0.25, 0.3) is 21.9 Å². The van der Waals surface area contributed by atoms with E-state index in [2.05, 4.69) is 4.57 Å². The van der Waals surface area contributed by atoms with Gasteiger partial charge in [0.05, 0.1) is 22.8 Å². The number of carbonyl (C=O) groups is 1. The highest BCUT2D eigenvalue weighted by molar-refractivity contribution is 7.89. The van der Waals surface area contributed by atoms with Crippen LogP contribution in [0.1, 0.15) is 35.8 Å². The summed E-state index contributed by atoms with van der Waals surface area (Å²) in [5, 5.41) is 0.860. The van der Waals surface area contributed by atoms with Crippen LogP contribution < -0.4 is 0 Å². The molecule has 0 spiro atoms. The van der Waals surface area contributed by atoms with Gasteiger partial charge in [-0.05, 0) is 43.4 Å². The van der Waals surface area contributed by atoms with Crippen LogP contribution in [0.3, 0.4) is 0 Å². The van der Waals surface area contributed by atoms with Gasteiger partial charge in [0.25, 0.3) is 5.91 Å². The minimum atomic E-state index is -3.71. The molecule has 0 unspecified atom stereocenters. The second-order valence-electron chi connectivity index (χ2n) is 8.67. The first-order chi connectivity index (χ1) is 15.4. The van der Waals surface area contributed by atoms with Gasteiger partial charge in [-0.2, -0.15) is 0 Å². The van der Waals surface area contributed by atoms with Crippen molar-refractivity contribution in [2.24, 2.45) is 5.92 Å². The number of amides is 1. The second kappa shape index (κ2) is 7.81. The third-order valence-corrected chi connectivity index (χ3v) is 7.29. The summed E-state index contributed by atoms with van der Waals surface area (Å²) >= 11 is 0. The number of nitrogens with zero attached hydrogens (tertiary/aromatic N) is 3. The maximum Gasteiger partial charge on any atom is 0.271 e. The van der Waals surface area contributed by atoms with E-state index < -0.39 is 10.0 Å². The Bertz CT molecular complexity index is 1410. The summed E-state index contributed by atoms with van der Waals surface area (Å²) in [4.78, 5) is 15.3. The van der Waals surface area contributed by atoms with E-state index in [0.29, 0.717) is 24.5 Å². The van der Waals surface area contributed by atoms with Gasteiger partial charge in [0.15, 0.2) is 0 Å². The number of fused-ring (bicyclic) bond motifs is 3. The number of benzene rings is 2. The largest absolute Gasteiger partial charge is 0.339 e. The third kappa shape index (κ3) is 3.60. The van der Waals surface area contributed by atoms with Gasteiger partial charge >= 0.3 is 0 Å². The first-order valence-electron chi connectivity index (χ1n) is 11.0. The van der Waals surface area contributed by atoms with Crippen LogP contribution >= 0.6 is 0 Å². The quantitative estimate of drug-likeness (QED) is 0.418. The third-order valence-electron chi connectivity index (χ3n) is 6.25. The number of aromatic nitrogens is 2. The Kier molecular flexibility index (Phi) is 5.08. The SMILES string of the molecule is CCN(Cc1ccccc1)C(=O)c1cc2c(c3ccccc3n2CC2CC2)n1S(C)(=O)=O. The molecule has 0 bridgehead atoms. The summed E-state index contributed by atoms with van der Waals surface area (Å²) in [5.41, 5.74) is 3.63. The van der Waals surface area contributed by atoms with Crippen molar-refractivity contribution in [1.29, 1.82) is 0 Å². The molecule has 1 aliphatic rings. The Balaban J connectivity index is 1.69. The molecule has 1 fully saturated rings. The van der Waals surface area contributed by atoms with Crippen LogP contribution in [0, 0.1) is 5.92 Å². The van der Waals surface area contributed by atoms with E-state index in [-0.39, 0.29) is 11.6 Å². The molecule has 1 aliphatic carbocycles. The highest BCUT2D eigenvalue weighted by Crippen LogP contribution is 2.38. The summed E-state index contributed by atoms with van der Waals surface area (Å²) < 4.78 is 29.4. The van der Waals surface area contributed by atoms with Crippen molar-refractivity contribution < 1.29 is 13.2 Å². The number of carbonyl (C=O) groups excluding carboxylic acids is 1. The summed E-state index contributed by atoms with van der Waals surface area (Å²) in [7, 11) is -3.71. The Morgan fingerprint density at radius 1 is 1.03 bits per heavy atom. The van der Waals surface area contributed by atoms with E-state index in [0.717, 1.165) is 28.5 Å². The topological polar surface area (TPSA) is 64.3 Å². The molecule has 4 aromatic rings. The molecule has 0 N–H and O–H groups in total. The van der Waals surface area contributed by atoms with Crippen molar-refractivity contribution in [1.82, 2.24) is 13.4 Å². The van der Waals surface area contributed by atoms with E-state index in [9.17, 15) is 13.2 Å². The van der Waals surface area contributed by atoms with Crippen molar-refractivity contribution in [2.75, 3.05) is 12.8 Å². The molecule has 0 saturated heterocycles. The highest BCUT2D eigenvalue weighted by atomic mass is 32.2. The molecule has 6 nitrogen and oxygen atoms in total.